The zero-order chi connectivity index (χ0) is 13.2. The third-order valence-corrected chi connectivity index (χ3v) is 5.66. The van der Waals surface area contributed by atoms with Crippen molar-refractivity contribution in [2.24, 2.45) is 5.73 Å². The highest BCUT2D eigenvalue weighted by molar-refractivity contribution is 7.92. The van der Waals surface area contributed by atoms with Gasteiger partial charge in [-0.1, -0.05) is 18.2 Å². The van der Waals surface area contributed by atoms with Gasteiger partial charge in [0.25, 0.3) is 0 Å². The van der Waals surface area contributed by atoms with Crippen LogP contribution in [0.2, 0.25) is 0 Å². The lowest BCUT2D eigenvalue weighted by Crippen LogP contribution is -2.05. The van der Waals surface area contributed by atoms with E-state index in [2.05, 4.69) is 0 Å². The van der Waals surface area contributed by atoms with Crippen LogP contribution in [0.4, 0.5) is 4.39 Å². The molecule has 0 unspecified atom stereocenters. The Balaban J connectivity index is 2.30. The standard InChI is InChI=1S/C12H12FNO2S2/c13-11-4-3-9(6-10(11)7-14)8-18(15,16)12-2-1-5-17-12/h1-6H,7-8,14H2. The Labute approximate surface area is 109 Å². The molecule has 0 spiro atoms. The molecule has 0 amide bonds. The van der Waals surface area contributed by atoms with E-state index in [9.17, 15) is 12.8 Å². The average Bonchev–Trinajstić information content (AvgIpc) is 2.85. The van der Waals surface area contributed by atoms with Crippen LogP contribution < -0.4 is 5.73 Å². The van der Waals surface area contributed by atoms with E-state index in [1.54, 1.807) is 17.5 Å². The molecule has 0 aliphatic carbocycles. The van der Waals surface area contributed by atoms with Crippen LogP contribution in [0.5, 0.6) is 0 Å². The van der Waals surface area contributed by atoms with Crippen molar-refractivity contribution in [1.29, 1.82) is 0 Å². The zero-order valence-corrected chi connectivity index (χ0v) is 11.1. The number of hydrogen-bond acceptors (Lipinski definition) is 4. The summed E-state index contributed by atoms with van der Waals surface area (Å²) in [6.45, 7) is 0.0543. The Bertz CT molecular complexity index is 636. The van der Waals surface area contributed by atoms with Crippen LogP contribution in [0.25, 0.3) is 0 Å². The number of rotatable bonds is 4. The van der Waals surface area contributed by atoms with E-state index in [0.29, 0.717) is 15.3 Å². The molecule has 1 heterocycles. The summed E-state index contributed by atoms with van der Waals surface area (Å²) in [7, 11) is -3.35. The molecular formula is C12H12FNO2S2. The van der Waals surface area contributed by atoms with Crippen LogP contribution in [-0.2, 0) is 22.1 Å². The van der Waals surface area contributed by atoms with Crippen molar-refractivity contribution >= 4 is 21.2 Å². The quantitative estimate of drug-likeness (QED) is 0.937. The van der Waals surface area contributed by atoms with Gasteiger partial charge in [-0.05, 0) is 23.1 Å². The number of benzene rings is 1. The first kappa shape index (κ1) is 13.2. The predicted octanol–water partition coefficient (Wildman–Crippen LogP) is 2.32. The van der Waals surface area contributed by atoms with Crippen LogP contribution in [0.3, 0.4) is 0 Å². The summed E-state index contributed by atoms with van der Waals surface area (Å²) in [6, 6.07) is 7.47. The molecule has 1 aromatic carbocycles. The summed E-state index contributed by atoms with van der Waals surface area (Å²) in [4.78, 5) is 0. The van der Waals surface area contributed by atoms with Crippen LogP contribution >= 0.6 is 11.3 Å². The summed E-state index contributed by atoms with van der Waals surface area (Å²) in [6.07, 6.45) is 0. The normalized spacial score (nSPS) is 11.7. The van der Waals surface area contributed by atoms with Crippen molar-refractivity contribution in [3.63, 3.8) is 0 Å². The fourth-order valence-electron chi connectivity index (χ4n) is 1.61. The van der Waals surface area contributed by atoms with Gasteiger partial charge in [-0.25, -0.2) is 12.8 Å². The molecular weight excluding hydrogens is 273 g/mol. The van der Waals surface area contributed by atoms with Crippen LogP contribution in [0.1, 0.15) is 11.1 Å². The summed E-state index contributed by atoms with van der Waals surface area (Å²) in [5, 5.41) is 1.71. The maximum absolute atomic E-state index is 13.2. The Hall–Kier alpha value is -1.24. The van der Waals surface area contributed by atoms with Gasteiger partial charge in [0.1, 0.15) is 10.0 Å². The molecule has 18 heavy (non-hydrogen) atoms. The molecule has 2 N–H and O–H groups in total. The van der Waals surface area contributed by atoms with Crippen molar-refractivity contribution in [2.45, 2.75) is 16.5 Å². The second kappa shape index (κ2) is 5.17. The van der Waals surface area contributed by atoms with E-state index >= 15 is 0 Å². The third kappa shape index (κ3) is 2.77. The maximum Gasteiger partial charge on any atom is 0.191 e. The predicted molar refractivity (Wildman–Crippen MR) is 69.5 cm³/mol. The van der Waals surface area contributed by atoms with Gasteiger partial charge in [-0.3, -0.25) is 0 Å². The van der Waals surface area contributed by atoms with Gasteiger partial charge in [-0.2, -0.15) is 0 Å². The third-order valence-electron chi connectivity index (χ3n) is 2.49. The van der Waals surface area contributed by atoms with E-state index in [-0.39, 0.29) is 12.3 Å². The van der Waals surface area contributed by atoms with Crippen LogP contribution in [0, 0.1) is 5.82 Å². The highest BCUT2D eigenvalue weighted by Gasteiger charge is 2.17. The maximum atomic E-state index is 13.2. The zero-order valence-electron chi connectivity index (χ0n) is 9.47. The molecule has 3 nitrogen and oxygen atoms in total. The minimum absolute atomic E-state index is 0.0543. The first-order valence-corrected chi connectivity index (χ1v) is 7.80. The number of hydrogen-bond donors (Lipinski definition) is 1. The molecule has 0 fully saturated rings. The fourth-order valence-corrected chi connectivity index (χ4v) is 4.03. The molecule has 0 radical (unpaired) electrons. The Morgan fingerprint density at radius 2 is 2.06 bits per heavy atom. The van der Waals surface area contributed by atoms with E-state index in [4.69, 9.17) is 5.73 Å². The Morgan fingerprint density at radius 1 is 1.28 bits per heavy atom. The second-order valence-electron chi connectivity index (χ2n) is 3.82. The van der Waals surface area contributed by atoms with Gasteiger partial charge >= 0.3 is 0 Å². The summed E-state index contributed by atoms with van der Waals surface area (Å²) in [5.74, 6) is -0.546. The van der Waals surface area contributed by atoms with Crippen LogP contribution in [0.15, 0.2) is 39.9 Å². The lowest BCUT2D eigenvalue weighted by atomic mass is 10.1. The van der Waals surface area contributed by atoms with Gasteiger partial charge < -0.3 is 5.73 Å². The van der Waals surface area contributed by atoms with Crippen molar-refractivity contribution in [3.05, 3.63) is 52.7 Å². The SMILES string of the molecule is NCc1cc(CS(=O)(=O)c2cccs2)ccc1F. The Kier molecular flexibility index (Phi) is 3.79. The molecule has 0 saturated heterocycles. The smallest absolute Gasteiger partial charge is 0.191 e. The number of nitrogens with two attached hydrogens (primary N) is 1. The molecule has 0 bridgehead atoms. The van der Waals surface area contributed by atoms with Crippen molar-refractivity contribution < 1.29 is 12.8 Å². The number of sulfone groups is 1. The molecule has 0 aliphatic heterocycles. The van der Waals surface area contributed by atoms with Gasteiger partial charge in [0.2, 0.25) is 0 Å². The molecule has 0 aliphatic rings. The van der Waals surface area contributed by atoms with Crippen molar-refractivity contribution in [1.82, 2.24) is 0 Å². The first-order valence-electron chi connectivity index (χ1n) is 5.26. The highest BCUT2D eigenvalue weighted by atomic mass is 32.2. The van der Waals surface area contributed by atoms with Gasteiger partial charge in [0.05, 0.1) is 5.75 Å². The molecule has 96 valence electrons. The lowest BCUT2D eigenvalue weighted by Gasteiger charge is -2.05. The van der Waals surface area contributed by atoms with E-state index in [0.717, 1.165) is 0 Å². The van der Waals surface area contributed by atoms with Gasteiger partial charge in [-0.15, -0.1) is 11.3 Å². The van der Waals surface area contributed by atoms with E-state index in [1.165, 1.54) is 29.5 Å². The first-order chi connectivity index (χ1) is 8.53. The van der Waals surface area contributed by atoms with Gasteiger partial charge in [0.15, 0.2) is 9.84 Å². The summed E-state index contributed by atoms with van der Waals surface area (Å²) < 4.78 is 37.6. The molecule has 6 heteroatoms. The second-order valence-corrected chi connectivity index (χ2v) is 6.99. The number of thiophene rings is 1. The van der Waals surface area contributed by atoms with Crippen molar-refractivity contribution in [3.8, 4) is 0 Å². The fraction of sp³-hybridized carbons (Fsp3) is 0.167. The topological polar surface area (TPSA) is 60.2 Å². The molecule has 0 atom stereocenters. The Morgan fingerprint density at radius 3 is 2.67 bits per heavy atom. The molecule has 0 saturated carbocycles. The van der Waals surface area contributed by atoms with Crippen LogP contribution in [-0.4, -0.2) is 8.42 Å². The lowest BCUT2D eigenvalue weighted by molar-refractivity contribution is 0.596. The minimum Gasteiger partial charge on any atom is -0.326 e. The van der Waals surface area contributed by atoms with Gasteiger partial charge in [0, 0.05) is 12.1 Å². The molecule has 1 aromatic heterocycles. The van der Waals surface area contributed by atoms with E-state index < -0.39 is 15.7 Å². The summed E-state index contributed by atoms with van der Waals surface area (Å²) >= 11 is 1.18. The average molecular weight is 285 g/mol. The minimum atomic E-state index is -3.35. The molecule has 2 aromatic rings. The van der Waals surface area contributed by atoms with E-state index in [1.807, 2.05) is 0 Å². The summed E-state index contributed by atoms with van der Waals surface area (Å²) in [5.41, 5.74) is 6.26. The van der Waals surface area contributed by atoms with Crippen molar-refractivity contribution in [2.75, 3.05) is 0 Å². The number of halogens is 1. The monoisotopic (exact) mass is 285 g/mol. The largest absolute Gasteiger partial charge is 0.326 e. The highest BCUT2D eigenvalue weighted by Crippen LogP contribution is 2.22. The molecule has 2 rings (SSSR count).